The molecule has 118 valence electrons. The van der Waals surface area contributed by atoms with Crippen LogP contribution in [0.25, 0.3) is 0 Å². The summed E-state index contributed by atoms with van der Waals surface area (Å²) in [5, 5.41) is 0.547. The highest BCUT2D eigenvalue weighted by Crippen LogP contribution is 2.30. The van der Waals surface area contributed by atoms with Crippen molar-refractivity contribution >= 4 is 21.4 Å². The first kappa shape index (κ1) is 15.6. The molecule has 0 bridgehead atoms. The van der Waals surface area contributed by atoms with Crippen molar-refractivity contribution in [2.75, 3.05) is 18.8 Å². The van der Waals surface area contributed by atoms with Crippen LogP contribution in [-0.4, -0.2) is 37.1 Å². The lowest BCUT2D eigenvalue weighted by molar-refractivity contribution is 0.268. The summed E-state index contributed by atoms with van der Waals surface area (Å²) in [5.74, 6) is 0.131. The van der Waals surface area contributed by atoms with E-state index in [2.05, 4.69) is 16.0 Å². The summed E-state index contributed by atoms with van der Waals surface area (Å²) in [7, 11) is -3.27. The van der Waals surface area contributed by atoms with E-state index in [1.54, 1.807) is 24.3 Å². The fraction of sp³-hybridized carbons (Fsp3) is 0.375. The van der Waals surface area contributed by atoms with Gasteiger partial charge in [-0.3, -0.25) is 4.90 Å². The number of rotatable bonds is 5. The number of halogens is 1. The van der Waals surface area contributed by atoms with Crippen molar-refractivity contribution in [3.8, 4) is 0 Å². The summed E-state index contributed by atoms with van der Waals surface area (Å²) in [5.41, 5.74) is 1.17. The van der Waals surface area contributed by atoms with Gasteiger partial charge in [0.05, 0.1) is 10.6 Å². The maximum atomic E-state index is 12.4. The highest BCUT2D eigenvalue weighted by molar-refractivity contribution is 7.91. The van der Waals surface area contributed by atoms with Crippen LogP contribution >= 0.6 is 11.6 Å². The average Bonchev–Trinajstić information content (AvgIpc) is 3.16. The summed E-state index contributed by atoms with van der Waals surface area (Å²) < 4.78 is 24.8. The molecule has 0 amide bonds. The highest BCUT2D eigenvalue weighted by atomic mass is 35.5. The van der Waals surface area contributed by atoms with Crippen molar-refractivity contribution in [2.45, 2.75) is 23.8 Å². The van der Waals surface area contributed by atoms with E-state index in [9.17, 15) is 8.42 Å². The van der Waals surface area contributed by atoms with Crippen LogP contribution in [0.2, 0.25) is 5.02 Å². The number of sulfone groups is 1. The van der Waals surface area contributed by atoms with Crippen molar-refractivity contribution in [1.29, 1.82) is 0 Å². The Morgan fingerprint density at radius 2 is 2.00 bits per heavy atom. The van der Waals surface area contributed by atoms with E-state index >= 15 is 0 Å². The third-order valence-electron chi connectivity index (χ3n) is 4.16. The number of likely N-dealkylation sites (tertiary alicyclic amines) is 1. The summed E-state index contributed by atoms with van der Waals surface area (Å²) in [4.78, 5) is 5.83. The minimum absolute atomic E-state index is 0.131. The van der Waals surface area contributed by atoms with Crippen LogP contribution < -0.4 is 0 Å². The van der Waals surface area contributed by atoms with E-state index < -0.39 is 9.84 Å². The third-order valence-corrected chi connectivity index (χ3v) is 6.13. The number of hydrogen-bond acceptors (Lipinski definition) is 3. The second-order valence-corrected chi connectivity index (χ2v) is 8.14. The Kier molecular flexibility index (Phi) is 4.57. The first-order valence-electron chi connectivity index (χ1n) is 7.42. The topological polar surface area (TPSA) is 53.2 Å². The molecule has 6 heteroatoms. The fourth-order valence-corrected chi connectivity index (χ4v) is 4.38. The molecule has 1 N–H and O–H groups in total. The van der Waals surface area contributed by atoms with Gasteiger partial charge < -0.3 is 4.98 Å². The van der Waals surface area contributed by atoms with Crippen molar-refractivity contribution < 1.29 is 8.42 Å². The molecule has 4 nitrogen and oxygen atoms in total. The summed E-state index contributed by atoms with van der Waals surface area (Å²) in [6.45, 7) is 1.49. The van der Waals surface area contributed by atoms with E-state index in [4.69, 9.17) is 11.6 Å². The van der Waals surface area contributed by atoms with Crippen molar-refractivity contribution in [2.24, 2.45) is 0 Å². The maximum Gasteiger partial charge on any atom is 0.179 e. The molecule has 3 rings (SSSR count). The van der Waals surface area contributed by atoms with Gasteiger partial charge in [-0.2, -0.15) is 0 Å². The molecule has 0 spiro atoms. The molecule has 1 aliphatic heterocycles. The average molecular weight is 339 g/mol. The van der Waals surface area contributed by atoms with E-state index in [1.165, 1.54) is 5.69 Å². The lowest BCUT2D eigenvalue weighted by Gasteiger charge is -2.23. The smallest absolute Gasteiger partial charge is 0.179 e. The number of aromatic nitrogens is 1. The van der Waals surface area contributed by atoms with Gasteiger partial charge in [-0.05, 0) is 55.8 Å². The quantitative estimate of drug-likeness (QED) is 0.910. The number of aromatic amines is 1. The SMILES string of the molecule is O=S(=O)(CCN1CCCC1c1ccc[nH]1)c1ccc(Cl)cc1. The van der Waals surface area contributed by atoms with Gasteiger partial charge in [-0.1, -0.05) is 11.6 Å². The second kappa shape index (κ2) is 6.44. The largest absolute Gasteiger partial charge is 0.364 e. The van der Waals surface area contributed by atoms with Crippen molar-refractivity contribution in [3.05, 3.63) is 53.3 Å². The first-order valence-corrected chi connectivity index (χ1v) is 9.45. The Morgan fingerprint density at radius 3 is 2.68 bits per heavy atom. The van der Waals surface area contributed by atoms with Crippen LogP contribution in [0.5, 0.6) is 0 Å². The Hall–Kier alpha value is -1.30. The van der Waals surface area contributed by atoms with Crippen LogP contribution in [-0.2, 0) is 9.84 Å². The number of benzene rings is 1. The van der Waals surface area contributed by atoms with Gasteiger partial charge in [0.25, 0.3) is 0 Å². The maximum absolute atomic E-state index is 12.4. The molecular weight excluding hydrogens is 320 g/mol. The van der Waals surface area contributed by atoms with E-state index in [0.29, 0.717) is 22.5 Å². The molecule has 1 aromatic carbocycles. The van der Waals surface area contributed by atoms with Crippen LogP contribution in [0.3, 0.4) is 0 Å². The van der Waals surface area contributed by atoms with Crippen molar-refractivity contribution in [3.63, 3.8) is 0 Å². The number of H-pyrrole nitrogens is 1. The zero-order valence-electron chi connectivity index (χ0n) is 12.2. The zero-order valence-corrected chi connectivity index (χ0v) is 13.8. The monoisotopic (exact) mass is 338 g/mol. The van der Waals surface area contributed by atoms with Gasteiger partial charge in [0.2, 0.25) is 0 Å². The molecule has 1 fully saturated rings. The Morgan fingerprint density at radius 1 is 1.23 bits per heavy atom. The molecule has 1 aromatic heterocycles. The minimum Gasteiger partial charge on any atom is -0.364 e. The molecule has 2 heterocycles. The zero-order chi connectivity index (χ0) is 15.6. The molecular formula is C16H19ClN2O2S. The number of nitrogens with one attached hydrogen (secondary N) is 1. The van der Waals surface area contributed by atoms with Crippen LogP contribution in [0.1, 0.15) is 24.6 Å². The summed E-state index contributed by atoms with van der Waals surface area (Å²) in [6.07, 6.45) is 4.09. The predicted molar refractivity (Wildman–Crippen MR) is 87.8 cm³/mol. The van der Waals surface area contributed by atoms with Crippen LogP contribution in [0, 0.1) is 0 Å². The van der Waals surface area contributed by atoms with E-state index in [0.717, 1.165) is 19.4 Å². The van der Waals surface area contributed by atoms with Gasteiger partial charge in [0.1, 0.15) is 0 Å². The molecule has 22 heavy (non-hydrogen) atoms. The Bertz CT molecular complexity index is 711. The lowest BCUT2D eigenvalue weighted by atomic mass is 10.1. The summed E-state index contributed by atoms with van der Waals surface area (Å²) in [6, 6.07) is 10.7. The molecule has 1 atom stereocenters. The standard InChI is InChI=1S/C16H19ClN2O2S/c17-13-5-7-14(8-6-13)22(20,21)12-11-19-10-2-4-16(19)15-3-1-9-18-15/h1,3,5-9,16,18H,2,4,10-12H2. The first-order chi connectivity index (χ1) is 10.6. The lowest BCUT2D eigenvalue weighted by Crippen LogP contribution is -2.29. The van der Waals surface area contributed by atoms with E-state index in [1.807, 2.05) is 12.3 Å². The van der Waals surface area contributed by atoms with Crippen molar-refractivity contribution in [1.82, 2.24) is 9.88 Å². The molecule has 1 aliphatic rings. The molecule has 0 saturated carbocycles. The summed E-state index contributed by atoms with van der Waals surface area (Å²) >= 11 is 5.81. The van der Waals surface area contributed by atoms with Crippen LogP contribution in [0.15, 0.2) is 47.5 Å². The molecule has 0 aliphatic carbocycles. The van der Waals surface area contributed by atoms with Gasteiger partial charge in [-0.25, -0.2) is 8.42 Å². The number of hydrogen-bond donors (Lipinski definition) is 1. The number of nitrogens with zero attached hydrogens (tertiary/aromatic N) is 1. The minimum atomic E-state index is -3.27. The van der Waals surface area contributed by atoms with Gasteiger partial charge in [0, 0.05) is 29.5 Å². The normalized spacial score (nSPS) is 19.6. The van der Waals surface area contributed by atoms with Gasteiger partial charge in [-0.15, -0.1) is 0 Å². The third kappa shape index (κ3) is 3.37. The van der Waals surface area contributed by atoms with Gasteiger partial charge in [0.15, 0.2) is 9.84 Å². The molecule has 2 aromatic rings. The molecule has 0 radical (unpaired) electrons. The molecule has 1 saturated heterocycles. The Labute approximate surface area is 136 Å². The second-order valence-electron chi connectivity index (χ2n) is 5.59. The predicted octanol–water partition coefficient (Wildman–Crippen LogP) is 3.28. The Balaban J connectivity index is 1.67. The van der Waals surface area contributed by atoms with Crippen LogP contribution in [0.4, 0.5) is 0 Å². The van der Waals surface area contributed by atoms with E-state index in [-0.39, 0.29) is 5.75 Å². The fourth-order valence-electron chi connectivity index (χ4n) is 2.99. The highest BCUT2D eigenvalue weighted by Gasteiger charge is 2.28. The molecule has 1 unspecified atom stereocenters. The van der Waals surface area contributed by atoms with Gasteiger partial charge >= 0.3 is 0 Å².